The zero-order chi connectivity index (χ0) is 14.2. The van der Waals surface area contributed by atoms with Crippen molar-refractivity contribution in [2.24, 2.45) is 0 Å². The van der Waals surface area contributed by atoms with Crippen molar-refractivity contribution in [1.29, 1.82) is 0 Å². The lowest BCUT2D eigenvalue weighted by molar-refractivity contribution is 0.0970. The number of hydrogen-bond donors (Lipinski definition) is 0. The third-order valence-electron chi connectivity index (χ3n) is 4.46. The Kier molecular flexibility index (Phi) is 2.85. The molecule has 0 aromatic heterocycles. The standard InChI is InChI=1S/C20H16O/c21-20(13-18-12-16-7-3-4-8-19(16)18)17-10-9-14-5-1-2-6-15(14)11-17/h1-11,18H,12-13H2. The van der Waals surface area contributed by atoms with E-state index in [1.165, 1.54) is 16.5 Å². The molecule has 4 rings (SSSR count). The summed E-state index contributed by atoms with van der Waals surface area (Å²) in [6, 6.07) is 22.6. The molecule has 102 valence electrons. The van der Waals surface area contributed by atoms with Gasteiger partial charge in [0.25, 0.3) is 0 Å². The van der Waals surface area contributed by atoms with Crippen LogP contribution in [0.1, 0.15) is 33.8 Å². The Morgan fingerprint density at radius 3 is 2.52 bits per heavy atom. The minimum atomic E-state index is 0.250. The molecular weight excluding hydrogens is 256 g/mol. The maximum atomic E-state index is 12.5. The zero-order valence-electron chi connectivity index (χ0n) is 11.8. The number of rotatable bonds is 3. The maximum Gasteiger partial charge on any atom is 0.163 e. The average Bonchev–Trinajstić information content (AvgIpc) is 2.52. The molecule has 0 radical (unpaired) electrons. The van der Waals surface area contributed by atoms with Crippen molar-refractivity contribution in [1.82, 2.24) is 0 Å². The van der Waals surface area contributed by atoms with Crippen molar-refractivity contribution in [3.05, 3.63) is 83.4 Å². The Bertz CT molecular complexity index is 832. The van der Waals surface area contributed by atoms with Gasteiger partial charge in [-0.1, -0.05) is 60.7 Å². The van der Waals surface area contributed by atoms with Crippen LogP contribution < -0.4 is 0 Å². The van der Waals surface area contributed by atoms with Gasteiger partial charge in [-0.3, -0.25) is 4.79 Å². The molecule has 1 nitrogen and oxygen atoms in total. The summed E-state index contributed by atoms with van der Waals surface area (Å²) < 4.78 is 0. The Morgan fingerprint density at radius 1 is 0.905 bits per heavy atom. The molecule has 0 N–H and O–H groups in total. The monoisotopic (exact) mass is 272 g/mol. The minimum Gasteiger partial charge on any atom is -0.294 e. The molecule has 1 atom stereocenters. The highest BCUT2D eigenvalue weighted by Gasteiger charge is 2.27. The number of carbonyl (C=O) groups excluding carboxylic acids is 1. The number of ketones is 1. The van der Waals surface area contributed by atoms with Crippen LogP contribution in [-0.2, 0) is 6.42 Å². The smallest absolute Gasteiger partial charge is 0.163 e. The van der Waals surface area contributed by atoms with Crippen LogP contribution in [0.25, 0.3) is 10.8 Å². The lowest BCUT2D eigenvalue weighted by Crippen LogP contribution is -2.20. The van der Waals surface area contributed by atoms with Crippen molar-refractivity contribution >= 4 is 16.6 Å². The topological polar surface area (TPSA) is 17.1 Å². The molecule has 1 aliphatic carbocycles. The molecule has 3 aromatic rings. The van der Waals surface area contributed by atoms with Gasteiger partial charge in [0.2, 0.25) is 0 Å². The molecule has 1 unspecified atom stereocenters. The van der Waals surface area contributed by atoms with Gasteiger partial charge in [-0.25, -0.2) is 0 Å². The van der Waals surface area contributed by atoms with Crippen molar-refractivity contribution in [3.8, 4) is 0 Å². The SMILES string of the molecule is O=C(CC1Cc2ccccc21)c1ccc2ccccc2c1. The highest BCUT2D eigenvalue weighted by Crippen LogP contribution is 2.38. The molecule has 3 aromatic carbocycles. The van der Waals surface area contributed by atoms with Gasteiger partial charge in [-0.15, -0.1) is 0 Å². The second-order valence-corrected chi connectivity index (χ2v) is 5.79. The quantitative estimate of drug-likeness (QED) is 0.629. The van der Waals surface area contributed by atoms with Gasteiger partial charge in [0, 0.05) is 12.0 Å². The zero-order valence-corrected chi connectivity index (χ0v) is 11.8. The molecule has 0 heterocycles. The first kappa shape index (κ1) is 12.3. The Balaban J connectivity index is 1.57. The third-order valence-corrected chi connectivity index (χ3v) is 4.46. The molecule has 0 spiro atoms. The second-order valence-electron chi connectivity index (χ2n) is 5.79. The fourth-order valence-electron chi connectivity index (χ4n) is 3.25. The summed E-state index contributed by atoms with van der Waals surface area (Å²) in [5.74, 6) is 0.653. The second kappa shape index (κ2) is 4.85. The number of Topliss-reactive ketones (excluding diaryl/α,β-unsaturated/α-hetero) is 1. The van der Waals surface area contributed by atoms with E-state index < -0.39 is 0 Å². The summed E-state index contributed by atoms with van der Waals surface area (Å²) in [6.45, 7) is 0. The fraction of sp³-hybridized carbons (Fsp3) is 0.150. The molecule has 1 aliphatic rings. The number of hydrogen-bond acceptors (Lipinski definition) is 1. The van der Waals surface area contributed by atoms with Gasteiger partial charge in [0.05, 0.1) is 0 Å². The Hall–Kier alpha value is -2.41. The molecule has 21 heavy (non-hydrogen) atoms. The van der Waals surface area contributed by atoms with Gasteiger partial charge >= 0.3 is 0 Å². The van der Waals surface area contributed by atoms with Crippen LogP contribution in [0.3, 0.4) is 0 Å². The van der Waals surface area contributed by atoms with E-state index in [1.807, 2.05) is 30.3 Å². The van der Waals surface area contributed by atoms with Crippen LogP contribution in [0.5, 0.6) is 0 Å². The summed E-state index contributed by atoms with van der Waals surface area (Å²) in [5.41, 5.74) is 3.58. The van der Waals surface area contributed by atoms with Crippen LogP contribution in [0.15, 0.2) is 66.7 Å². The van der Waals surface area contributed by atoms with Crippen molar-refractivity contribution in [2.45, 2.75) is 18.8 Å². The van der Waals surface area contributed by atoms with E-state index in [0.717, 1.165) is 17.4 Å². The van der Waals surface area contributed by atoms with Gasteiger partial charge in [-0.05, 0) is 40.3 Å². The van der Waals surface area contributed by atoms with Crippen molar-refractivity contribution in [2.75, 3.05) is 0 Å². The van der Waals surface area contributed by atoms with E-state index in [2.05, 4.69) is 36.4 Å². The minimum absolute atomic E-state index is 0.250. The van der Waals surface area contributed by atoms with Crippen LogP contribution in [0.4, 0.5) is 0 Å². The highest BCUT2D eigenvalue weighted by atomic mass is 16.1. The summed E-state index contributed by atoms with van der Waals surface area (Å²) in [4.78, 5) is 12.5. The van der Waals surface area contributed by atoms with E-state index in [1.54, 1.807) is 0 Å². The van der Waals surface area contributed by atoms with E-state index in [9.17, 15) is 4.79 Å². The van der Waals surface area contributed by atoms with E-state index in [-0.39, 0.29) is 5.78 Å². The molecule has 0 saturated carbocycles. The number of benzene rings is 3. The van der Waals surface area contributed by atoms with Gasteiger partial charge in [-0.2, -0.15) is 0 Å². The largest absolute Gasteiger partial charge is 0.294 e. The molecule has 0 fully saturated rings. The van der Waals surface area contributed by atoms with Gasteiger partial charge in [0.15, 0.2) is 5.78 Å². The molecule has 1 heteroatoms. The number of fused-ring (bicyclic) bond motifs is 2. The van der Waals surface area contributed by atoms with E-state index >= 15 is 0 Å². The van der Waals surface area contributed by atoms with Crippen LogP contribution in [0, 0.1) is 0 Å². The van der Waals surface area contributed by atoms with Gasteiger partial charge in [0.1, 0.15) is 0 Å². The molecule has 0 saturated heterocycles. The normalized spacial score (nSPS) is 16.3. The number of carbonyl (C=O) groups is 1. The highest BCUT2D eigenvalue weighted by molar-refractivity contribution is 6.00. The fourth-order valence-corrected chi connectivity index (χ4v) is 3.25. The van der Waals surface area contributed by atoms with E-state index in [0.29, 0.717) is 12.3 Å². The maximum absolute atomic E-state index is 12.5. The molecule has 0 amide bonds. The lowest BCUT2D eigenvalue weighted by atomic mass is 9.74. The Morgan fingerprint density at radius 2 is 1.67 bits per heavy atom. The lowest BCUT2D eigenvalue weighted by Gasteiger charge is -2.29. The van der Waals surface area contributed by atoms with Crippen LogP contribution in [-0.4, -0.2) is 5.78 Å². The summed E-state index contributed by atoms with van der Waals surface area (Å²) in [7, 11) is 0. The third kappa shape index (κ3) is 2.15. The van der Waals surface area contributed by atoms with Crippen molar-refractivity contribution < 1.29 is 4.79 Å². The summed E-state index contributed by atoms with van der Waals surface area (Å²) >= 11 is 0. The average molecular weight is 272 g/mol. The predicted molar refractivity (Wildman–Crippen MR) is 85.8 cm³/mol. The molecule has 0 bridgehead atoms. The van der Waals surface area contributed by atoms with Crippen LogP contribution in [0.2, 0.25) is 0 Å². The van der Waals surface area contributed by atoms with Gasteiger partial charge < -0.3 is 0 Å². The first-order valence-electron chi connectivity index (χ1n) is 7.41. The summed E-state index contributed by atoms with van der Waals surface area (Å²) in [6.07, 6.45) is 1.66. The van der Waals surface area contributed by atoms with E-state index in [4.69, 9.17) is 0 Å². The Labute approximate surface area is 124 Å². The first-order chi connectivity index (χ1) is 10.3. The molecule has 0 aliphatic heterocycles. The summed E-state index contributed by atoms with van der Waals surface area (Å²) in [5, 5.41) is 2.32. The van der Waals surface area contributed by atoms with Crippen molar-refractivity contribution in [3.63, 3.8) is 0 Å². The predicted octanol–water partition coefficient (Wildman–Crippen LogP) is 4.75. The molecular formula is C20H16O. The first-order valence-corrected chi connectivity index (χ1v) is 7.41. The van der Waals surface area contributed by atoms with Crippen LogP contribution >= 0.6 is 0 Å².